The summed E-state index contributed by atoms with van der Waals surface area (Å²) >= 11 is 0. The Morgan fingerprint density at radius 2 is 2.33 bits per heavy atom. The maximum atomic E-state index is 11.9. The highest BCUT2D eigenvalue weighted by Crippen LogP contribution is 2.21. The number of aromatic amines is 1. The number of anilines is 1. The number of rotatable bonds is 2. The number of fused-ring (bicyclic) bond motifs is 1. The number of hydrogen-bond acceptors (Lipinski definition) is 4. The van der Waals surface area contributed by atoms with Gasteiger partial charge in [-0.1, -0.05) is 11.3 Å². The third-order valence-electron chi connectivity index (χ3n) is 2.57. The third kappa shape index (κ3) is 1.71. The summed E-state index contributed by atoms with van der Waals surface area (Å²) in [4.78, 5) is 11.9. The minimum atomic E-state index is -0.295. The summed E-state index contributed by atoms with van der Waals surface area (Å²) in [6, 6.07) is 5.54. The van der Waals surface area contributed by atoms with E-state index in [9.17, 15) is 4.79 Å². The minimum absolute atomic E-state index is 0.276. The summed E-state index contributed by atoms with van der Waals surface area (Å²) in [5, 5.41) is 17.9. The number of carbonyl (C=O) groups excluding carboxylic acids is 1. The molecule has 0 radical (unpaired) electrons. The first-order valence-electron chi connectivity index (χ1n) is 5.34. The second kappa shape index (κ2) is 3.95. The van der Waals surface area contributed by atoms with Crippen LogP contribution in [0.3, 0.4) is 0 Å². The van der Waals surface area contributed by atoms with Gasteiger partial charge < -0.3 is 5.32 Å². The van der Waals surface area contributed by atoms with Crippen LogP contribution in [0.1, 0.15) is 10.5 Å². The van der Waals surface area contributed by atoms with Crippen molar-refractivity contribution in [2.75, 3.05) is 5.32 Å². The first kappa shape index (κ1) is 10.5. The SMILES string of the molecule is Cn1cc(C(=O)Nc2cccc3[nH]ncc23)nn1. The molecular weight excluding hydrogens is 232 g/mol. The zero-order valence-corrected chi connectivity index (χ0v) is 9.58. The summed E-state index contributed by atoms with van der Waals surface area (Å²) in [5.41, 5.74) is 1.84. The van der Waals surface area contributed by atoms with E-state index in [0.29, 0.717) is 5.69 Å². The van der Waals surface area contributed by atoms with Crippen molar-refractivity contribution < 1.29 is 4.79 Å². The van der Waals surface area contributed by atoms with Crippen molar-refractivity contribution in [1.82, 2.24) is 25.2 Å². The molecule has 0 bridgehead atoms. The highest BCUT2D eigenvalue weighted by Gasteiger charge is 2.11. The molecule has 0 aliphatic carbocycles. The lowest BCUT2D eigenvalue weighted by Gasteiger charge is -2.03. The molecular formula is C11H10N6O. The van der Waals surface area contributed by atoms with E-state index in [2.05, 4.69) is 25.8 Å². The number of amides is 1. The molecule has 2 aromatic heterocycles. The van der Waals surface area contributed by atoms with Crippen molar-refractivity contribution in [3.63, 3.8) is 0 Å². The van der Waals surface area contributed by atoms with Gasteiger partial charge in [0, 0.05) is 12.4 Å². The topological polar surface area (TPSA) is 88.5 Å². The summed E-state index contributed by atoms with van der Waals surface area (Å²) in [6.45, 7) is 0. The van der Waals surface area contributed by atoms with Gasteiger partial charge >= 0.3 is 0 Å². The van der Waals surface area contributed by atoms with E-state index in [1.807, 2.05) is 18.2 Å². The van der Waals surface area contributed by atoms with E-state index >= 15 is 0 Å². The Balaban J connectivity index is 1.92. The van der Waals surface area contributed by atoms with Crippen molar-refractivity contribution in [2.24, 2.45) is 7.05 Å². The quantitative estimate of drug-likeness (QED) is 0.700. The van der Waals surface area contributed by atoms with Gasteiger partial charge in [-0.05, 0) is 12.1 Å². The first-order valence-corrected chi connectivity index (χ1v) is 5.34. The van der Waals surface area contributed by atoms with Crippen molar-refractivity contribution in [1.29, 1.82) is 0 Å². The molecule has 1 amide bonds. The molecule has 90 valence electrons. The van der Waals surface area contributed by atoms with Gasteiger partial charge in [0.2, 0.25) is 0 Å². The Hall–Kier alpha value is -2.70. The highest BCUT2D eigenvalue weighted by atomic mass is 16.2. The molecule has 0 aliphatic rings. The molecule has 0 fully saturated rings. The van der Waals surface area contributed by atoms with Gasteiger partial charge in [-0.25, -0.2) is 0 Å². The van der Waals surface area contributed by atoms with Crippen LogP contribution in [0.4, 0.5) is 5.69 Å². The lowest BCUT2D eigenvalue weighted by molar-refractivity contribution is 0.102. The number of aryl methyl sites for hydroxylation is 1. The van der Waals surface area contributed by atoms with Crippen LogP contribution in [0.5, 0.6) is 0 Å². The van der Waals surface area contributed by atoms with E-state index in [1.165, 1.54) is 4.68 Å². The average molecular weight is 242 g/mol. The second-order valence-corrected chi connectivity index (χ2v) is 3.87. The zero-order valence-electron chi connectivity index (χ0n) is 9.58. The number of H-pyrrole nitrogens is 1. The lowest BCUT2D eigenvalue weighted by Crippen LogP contribution is -2.12. The molecule has 2 heterocycles. The lowest BCUT2D eigenvalue weighted by atomic mass is 10.2. The molecule has 18 heavy (non-hydrogen) atoms. The monoisotopic (exact) mass is 242 g/mol. The van der Waals surface area contributed by atoms with Gasteiger partial charge in [0.15, 0.2) is 5.69 Å². The zero-order chi connectivity index (χ0) is 12.5. The number of carbonyl (C=O) groups is 1. The summed E-state index contributed by atoms with van der Waals surface area (Å²) in [7, 11) is 1.71. The fraction of sp³-hybridized carbons (Fsp3) is 0.0909. The van der Waals surface area contributed by atoms with E-state index in [-0.39, 0.29) is 11.6 Å². The van der Waals surface area contributed by atoms with Crippen LogP contribution < -0.4 is 5.32 Å². The van der Waals surface area contributed by atoms with E-state index in [0.717, 1.165) is 10.9 Å². The molecule has 0 atom stereocenters. The molecule has 3 aromatic rings. The summed E-state index contributed by atoms with van der Waals surface area (Å²) < 4.78 is 1.48. The Kier molecular flexibility index (Phi) is 2.30. The molecule has 3 rings (SSSR count). The standard InChI is InChI=1S/C11H10N6O/c1-17-6-10(15-16-17)11(18)13-8-3-2-4-9-7(8)5-12-14-9/h2-6H,1H3,(H,12,14)(H,13,18). The molecule has 0 aliphatic heterocycles. The smallest absolute Gasteiger partial charge is 0.277 e. The van der Waals surface area contributed by atoms with Crippen LogP contribution in [0.15, 0.2) is 30.6 Å². The second-order valence-electron chi connectivity index (χ2n) is 3.87. The van der Waals surface area contributed by atoms with Gasteiger partial charge in [0.25, 0.3) is 5.91 Å². The van der Waals surface area contributed by atoms with Gasteiger partial charge in [-0.15, -0.1) is 5.10 Å². The number of aromatic nitrogens is 5. The van der Waals surface area contributed by atoms with Crippen LogP contribution in [-0.4, -0.2) is 31.1 Å². The minimum Gasteiger partial charge on any atom is -0.320 e. The normalized spacial score (nSPS) is 10.7. The fourth-order valence-corrected chi connectivity index (χ4v) is 1.71. The maximum absolute atomic E-state index is 11.9. The van der Waals surface area contributed by atoms with E-state index in [1.54, 1.807) is 19.4 Å². The van der Waals surface area contributed by atoms with Gasteiger partial charge in [0.05, 0.1) is 23.6 Å². The van der Waals surface area contributed by atoms with E-state index < -0.39 is 0 Å². The predicted octanol–water partition coefficient (Wildman–Crippen LogP) is 0.944. The van der Waals surface area contributed by atoms with Gasteiger partial charge in [-0.2, -0.15) is 5.10 Å². The molecule has 1 aromatic carbocycles. The Labute approximate surface area is 102 Å². The third-order valence-corrected chi connectivity index (χ3v) is 2.57. The van der Waals surface area contributed by atoms with Crippen molar-refractivity contribution in [3.8, 4) is 0 Å². The molecule has 7 nitrogen and oxygen atoms in total. The average Bonchev–Trinajstić information content (AvgIpc) is 2.97. The number of benzene rings is 1. The van der Waals surface area contributed by atoms with E-state index in [4.69, 9.17) is 0 Å². The Morgan fingerprint density at radius 1 is 1.44 bits per heavy atom. The van der Waals surface area contributed by atoms with Crippen molar-refractivity contribution >= 4 is 22.5 Å². The Morgan fingerprint density at radius 3 is 3.11 bits per heavy atom. The van der Waals surface area contributed by atoms with Crippen LogP contribution in [0.25, 0.3) is 10.9 Å². The first-order chi connectivity index (χ1) is 8.74. The number of nitrogens with zero attached hydrogens (tertiary/aromatic N) is 4. The molecule has 0 unspecified atom stereocenters. The van der Waals surface area contributed by atoms with Crippen molar-refractivity contribution in [2.45, 2.75) is 0 Å². The van der Waals surface area contributed by atoms with Crippen LogP contribution in [0.2, 0.25) is 0 Å². The molecule has 2 N–H and O–H groups in total. The molecule has 7 heteroatoms. The van der Waals surface area contributed by atoms with Crippen LogP contribution in [0, 0.1) is 0 Å². The molecule has 0 saturated heterocycles. The van der Waals surface area contributed by atoms with Crippen molar-refractivity contribution in [3.05, 3.63) is 36.3 Å². The predicted molar refractivity (Wildman–Crippen MR) is 65.0 cm³/mol. The molecule has 0 spiro atoms. The molecule has 0 saturated carbocycles. The Bertz CT molecular complexity index is 713. The summed E-state index contributed by atoms with van der Waals surface area (Å²) in [6.07, 6.45) is 3.23. The van der Waals surface area contributed by atoms with Gasteiger partial charge in [-0.3, -0.25) is 14.6 Å². The number of nitrogens with one attached hydrogen (secondary N) is 2. The fourth-order valence-electron chi connectivity index (χ4n) is 1.71. The van der Waals surface area contributed by atoms with Gasteiger partial charge in [0.1, 0.15) is 0 Å². The largest absolute Gasteiger partial charge is 0.320 e. The maximum Gasteiger partial charge on any atom is 0.277 e. The highest BCUT2D eigenvalue weighted by molar-refractivity contribution is 6.07. The summed E-state index contributed by atoms with van der Waals surface area (Å²) in [5.74, 6) is -0.295. The van der Waals surface area contributed by atoms with Crippen LogP contribution >= 0.6 is 0 Å². The number of hydrogen-bond donors (Lipinski definition) is 2. The van der Waals surface area contributed by atoms with Crippen LogP contribution in [-0.2, 0) is 7.05 Å².